The van der Waals surface area contributed by atoms with Crippen molar-refractivity contribution in [3.8, 4) is 22.3 Å². The average Bonchev–Trinajstić information content (AvgIpc) is 3.42. The molecule has 0 amide bonds. The van der Waals surface area contributed by atoms with Crippen molar-refractivity contribution in [2.45, 2.75) is 9.54 Å². The van der Waals surface area contributed by atoms with Crippen LogP contribution in [0.4, 0.5) is 0 Å². The van der Waals surface area contributed by atoms with Gasteiger partial charge in [-0.3, -0.25) is 0 Å². The summed E-state index contributed by atoms with van der Waals surface area (Å²) in [7, 11) is 2.24. The van der Waals surface area contributed by atoms with Crippen molar-refractivity contribution >= 4 is 10.9 Å². The molecule has 2 aliphatic rings. The van der Waals surface area contributed by atoms with Gasteiger partial charge in [-0.05, 0) is 0 Å². The van der Waals surface area contributed by atoms with Crippen molar-refractivity contribution in [2.24, 2.45) is 7.05 Å². The SMILES string of the molecule is Cn1c2c(c3ccccc31)-c1ccccc1C2c1cccc2c1[CH]([Zr+2])c1ccccc1-2.[Cl-].[Cl-]. The van der Waals surface area contributed by atoms with E-state index >= 15 is 0 Å². The summed E-state index contributed by atoms with van der Waals surface area (Å²) in [4.78, 5) is 0. The smallest absolute Gasteiger partial charge is 1.00 e. The summed E-state index contributed by atoms with van der Waals surface area (Å²) < 4.78 is 2.94. The van der Waals surface area contributed by atoms with Gasteiger partial charge in [0.05, 0.1) is 0 Å². The molecule has 159 valence electrons. The van der Waals surface area contributed by atoms with E-state index in [0.717, 1.165) is 0 Å². The minimum atomic E-state index is 0. The molecular weight excluding hydrogens is 524 g/mol. The van der Waals surface area contributed by atoms with E-state index < -0.39 is 0 Å². The molecule has 2 atom stereocenters. The maximum atomic E-state index is 2.44. The minimum Gasteiger partial charge on any atom is -1.00 e. The third-order valence-electron chi connectivity index (χ3n) is 7.27. The molecule has 0 radical (unpaired) electrons. The number of nitrogens with zero attached hydrogens (tertiary/aromatic N) is 1. The van der Waals surface area contributed by atoms with Crippen molar-refractivity contribution in [3.05, 3.63) is 119 Å². The molecule has 1 aromatic heterocycles. The zero-order chi connectivity index (χ0) is 20.7. The summed E-state index contributed by atoms with van der Waals surface area (Å²) in [6.45, 7) is 0. The third kappa shape index (κ3) is 2.94. The van der Waals surface area contributed by atoms with Gasteiger partial charge in [-0.25, -0.2) is 0 Å². The van der Waals surface area contributed by atoms with Crippen LogP contribution >= 0.6 is 0 Å². The van der Waals surface area contributed by atoms with E-state index in [9.17, 15) is 0 Å². The van der Waals surface area contributed by atoms with Crippen LogP contribution in [0.25, 0.3) is 33.2 Å². The first kappa shape index (κ1) is 22.7. The fourth-order valence-corrected chi connectivity index (χ4v) is 7.42. The number of fused-ring (bicyclic) bond motifs is 8. The Morgan fingerprint density at radius 2 is 1.24 bits per heavy atom. The average molecular weight is 545 g/mol. The molecule has 0 fully saturated rings. The Balaban J connectivity index is 0.00000114. The van der Waals surface area contributed by atoms with Crippen LogP contribution < -0.4 is 24.8 Å². The van der Waals surface area contributed by atoms with Crippen LogP contribution in [0.1, 0.15) is 37.5 Å². The number of rotatable bonds is 1. The molecule has 5 aromatic rings. The van der Waals surface area contributed by atoms with Gasteiger partial charge < -0.3 is 24.8 Å². The molecule has 2 unspecified atom stereocenters. The standard InChI is InChI=1S/C29H20N.2ClH.Zr/c1-30-26-16-7-6-13-24(26)28-22-12-5-4-11-21(22)27(29(28)30)23-15-8-14-20-19-10-3-2-9-18(19)17-25(20)23;;;/h2-17,27H,1H3;2*1H;/q;;;+2/p-2. The van der Waals surface area contributed by atoms with E-state index in [4.69, 9.17) is 0 Å². The number of hydrogen-bond acceptors (Lipinski definition) is 0. The third-order valence-corrected chi connectivity index (χ3v) is 8.74. The van der Waals surface area contributed by atoms with E-state index in [1.165, 1.54) is 55.5 Å². The normalized spacial score (nSPS) is 16.9. The second-order valence-electron chi connectivity index (χ2n) is 8.69. The van der Waals surface area contributed by atoms with Crippen LogP contribution in [0, 0.1) is 0 Å². The maximum absolute atomic E-state index is 2.44. The summed E-state index contributed by atoms with van der Waals surface area (Å²) in [6, 6.07) is 33.9. The minimum absolute atomic E-state index is 0. The number of aromatic nitrogens is 1. The Morgan fingerprint density at radius 3 is 2.06 bits per heavy atom. The molecule has 0 aliphatic heterocycles. The zero-order valence-electron chi connectivity index (χ0n) is 18.0. The summed E-state index contributed by atoms with van der Waals surface area (Å²) >= 11 is 1.56. The maximum Gasteiger partial charge on any atom is -1.00 e. The molecule has 7 rings (SSSR count). The van der Waals surface area contributed by atoms with Crippen LogP contribution in [-0.4, -0.2) is 4.57 Å². The van der Waals surface area contributed by atoms with Crippen molar-refractivity contribution < 1.29 is 49.5 Å². The Morgan fingerprint density at radius 1 is 0.636 bits per heavy atom. The number of benzene rings is 4. The number of para-hydroxylation sites is 1. The molecule has 4 heteroatoms. The summed E-state index contributed by atoms with van der Waals surface area (Å²) in [5, 5.41) is 1.37. The van der Waals surface area contributed by atoms with E-state index in [2.05, 4.69) is 103 Å². The van der Waals surface area contributed by atoms with Crippen LogP contribution in [0.5, 0.6) is 0 Å². The fraction of sp³-hybridized carbons (Fsp3) is 0.103. The molecule has 0 saturated heterocycles. The van der Waals surface area contributed by atoms with Crippen LogP contribution in [-0.2, 0) is 31.8 Å². The number of halogens is 2. The second-order valence-corrected chi connectivity index (χ2v) is 10.1. The predicted molar refractivity (Wildman–Crippen MR) is 123 cm³/mol. The summed E-state index contributed by atoms with van der Waals surface area (Å²) in [6.07, 6.45) is 0. The van der Waals surface area contributed by atoms with Crippen molar-refractivity contribution in [1.82, 2.24) is 4.57 Å². The molecule has 0 bridgehead atoms. The van der Waals surface area contributed by atoms with Gasteiger partial charge in [-0.15, -0.1) is 0 Å². The van der Waals surface area contributed by atoms with Gasteiger partial charge in [0.25, 0.3) is 0 Å². The summed E-state index contributed by atoms with van der Waals surface area (Å²) in [5.41, 5.74) is 14.4. The van der Waals surface area contributed by atoms with Crippen molar-refractivity contribution in [2.75, 3.05) is 0 Å². The van der Waals surface area contributed by atoms with Gasteiger partial charge >= 0.3 is 198 Å². The zero-order valence-corrected chi connectivity index (χ0v) is 22.0. The number of aryl methyl sites for hydroxylation is 1. The quantitative estimate of drug-likeness (QED) is 0.291. The summed E-state index contributed by atoms with van der Waals surface area (Å²) in [5.74, 6) is 0.274. The van der Waals surface area contributed by atoms with Crippen molar-refractivity contribution in [3.63, 3.8) is 0 Å². The molecule has 0 saturated carbocycles. The van der Waals surface area contributed by atoms with Gasteiger partial charge in [0, 0.05) is 0 Å². The number of hydrogen-bond donors (Lipinski definition) is 0. The van der Waals surface area contributed by atoms with Crippen LogP contribution in [0.2, 0.25) is 0 Å². The molecule has 33 heavy (non-hydrogen) atoms. The monoisotopic (exact) mass is 542 g/mol. The van der Waals surface area contributed by atoms with Gasteiger partial charge in [0.1, 0.15) is 0 Å². The Hall–Kier alpha value is -2.12. The Labute approximate surface area is 221 Å². The molecular formula is C29H20Cl2NZr. The first-order valence-corrected chi connectivity index (χ1v) is 12.3. The van der Waals surface area contributed by atoms with Crippen LogP contribution in [0.15, 0.2) is 91.0 Å². The van der Waals surface area contributed by atoms with Gasteiger partial charge in [0.15, 0.2) is 0 Å². The van der Waals surface area contributed by atoms with Crippen molar-refractivity contribution in [1.29, 1.82) is 0 Å². The van der Waals surface area contributed by atoms with Crippen LogP contribution in [0.3, 0.4) is 0 Å². The molecule has 0 N–H and O–H groups in total. The Kier molecular flexibility index (Phi) is 5.68. The van der Waals surface area contributed by atoms with Gasteiger partial charge in [-0.1, -0.05) is 0 Å². The largest absolute Gasteiger partial charge is 1.00 e. The molecule has 4 aromatic carbocycles. The van der Waals surface area contributed by atoms with E-state index in [0.29, 0.717) is 3.63 Å². The molecule has 1 nitrogen and oxygen atoms in total. The van der Waals surface area contributed by atoms with E-state index in [-0.39, 0.29) is 30.7 Å². The van der Waals surface area contributed by atoms with Gasteiger partial charge in [-0.2, -0.15) is 0 Å². The fourth-order valence-electron chi connectivity index (χ4n) is 6.01. The Bertz CT molecular complexity index is 1530. The van der Waals surface area contributed by atoms with Gasteiger partial charge in [0.2, 0.25) is 0 Å². The van der Waals surface area contributed by atoms with E-state index in [1.807, 2.05) is 0 Å². The molecule has 2 aliphatic carbocycles. The first-order chi connectivity index (χ1) is 15.3. The molecule has 0 spiro atoms. The topological polar surface area (TPSA) is 4.93 Å². The molecule has 1 heterocycles. The first-order valence-electron chi connectivity index (χ1n) is 10.9. The predicted octanol–water partition coefficient (Wildman–Crippen LogP) is 0.964. The van der Waals surface area contributed by atoms with E-state index in [1.54, 1.807) is 30.3 Å². The second kappa shape index (κ2) is 8.28.